The summed E-state index contributed by atoms with van der Waals surface area (Å²) in [6.45, 7) is 1.94. The molecule has 0 saturated heterocycles. The number of benzene rings is 1. The number of hydrogen-bond donors (Lipinski definition) is 0. The number of pyridine rings is 1. The fourth-order valence-electron chi connectivity index (χ4n) is 2.01. The third kappa shape index (κ3) is 3.31. The van der Waals surface area contributed by atoms with Crippen molar-refractivity contribution in [1.29, 1.82) is 0 Å². The first-order valence-corrected chi connectivity index (χ1v) is 7.07. The van der Waals surface area contributed by atoms with Crippen molar-refractivity contribution in [3.63, 3.8) is 0 Å². The monoisotopic (exact) mass is 313 g/mol. The molecule has 0 aliphatic rings. The van der Waals surface area contributed by atoms with Crippen molar-refractivity contribution in [3.8, 4) is 23.0 Å². The molecule has 0 atom stereocenters. The van der Waals surface area contributed by atoms with Crippen LogP contribution in [0.3, 0.4) is 0 Å². The molecular formula is C17H13F2N3O. The van der Waals surface area contributed by atoms with Crippen LogP contribution >= 0.6 is 0 Å². The summed E-state index contributed by atoms with van der Waals surface area (Å²) in [5, 5.41) is 0. The Labute approximate surface area is 131 Å². The topological polar surface area (TPSA) is 47.9 Å². The van der Waals surface area contributed by atoms with Crippen LogP contribution in [-0.2, 0) is 6.42 Å². The number of ether oxygens (including phenoxy) is 1. The van der Waals surface area contributed by atoms with Crippen LogP contribution in [0.1, 0.15) is 12.6 Å². The maximum atomic E-state index is 13.7. The fraction of sp³-hybridized carbons (Fsp3) is 0.118. The van der Waals surface area contributed by atoms with Crippen LogP contribution in [-0.4, -0.2) is 15.0 Å². The first kappa shape index (κ1) is 15.0. The van der Waals surface area contributed by atoms with E-state index in [0.717, 1.165) is 17.3 Å². The highest BCUT2D eigenvalue weighted by Gasteiger charge is 2.12. The van der Waals surface area contributed by atoms with Crippen molar-refractivity contribution >= 4 is 0 Å². The summed E-state index contributed by atoms with van der Waals surface area (Å²) in [5.41, 5.74) is 1.50. The van der Waals surface area contributed by atoms with Gasteiger partial charge in [0.2, 0.25) is 11.7 Å². The van der Waals surface area contributed by atoms with Crippen LogP contribution in [0.2, 0.25) is 0 Å². The highest BCUT2D eigenvalue weighted by atomic mass is 19.2. The molecule has 3 rings (SSSR count). The molecule has 0 amide bonds. The van der Waals surface area contributed by atoms with Gasteiger partial charge in [-0.3, -0.25) is 4.98 Å². The van der Waals surface area contributed by atoms with E-state index in [9.17, 15) is 8.78 Å². The molecule has 0 fully saturated rings. The minimum atomic E-state index is -1.05. The van der Waals surface area contributed by atoms with Crippen molar-refractivity contribution in [2.45, 2.75) is 13.3 Å². The normalized spacial score (nSPS) is 10.6. The molecule has 0 bridgehead atoms. The van der Waals surface area contributed by atoms with Gasteiger partial charge in [-0.15, -0.1) is 0 Å². The van der Waals surface area contributed by atoms with E-state index < -0.39 is 11.6 Å². The number of hydrogen-bond acceptors (Lipinski definition) is 4. The lowest BCUT2D eigenvalue weighted by molar-refractivity contribution is 0.404. The summed E-state index contributed by atoms with van der Waals surface area (Å²) in [6.07, 6.45) is 3.91. The molecule has 2 heterocycles. The van der Waals surface area contributed by atoms with Crippen LogP contribution in [0.15, 0.2) is 48.8 Å². The molecule has 0 aliphatic heterocycles. The Balaban J connectivity index is 2.01. The van der Waals surface area contributed by atoms with Crippen LogP contribution in [0.5, 0.6) is 11.6 Å². The lowest BCUT2D eigenvalue weighted by Crippen LogP contribution is -1.99. The van der Waals surface area contributed by atoms with E-state index in [1.54, 1.807) is 30.6 Å². The summed E-state index contributed by atoms with van der Waals surface area (Å²) in [6, 6.07) is 8.89. The molecule has 0 spiro atoms. The lowest BCUT2D eigenvalue weighted by atomic mass is 10.2. The Morgan fingerprint density at radius 3 is 2.57 bits per heavy atom. The van der Waals surface area contributed by atoms with E-state index in [1.165, 1.54) is 12.1 Å². The van der Waals surface area contributed by atoms with E-state index in [1.807, 2.05) is 6.92 Å². The number of aromatic nitrogens is 3. The maximum Gasteiger partial charge on any atom is 0.223 e. The Kier molecular flexibility index (Phi) is 4.23. The number of rotatable bonds is 4. The molecular weight excluding hydrogens is 300 g/mol. The van der Waals surface area contributed by atoms with Gasteiger partial charge in [-0.05, 0) is 30.7 Å². The second-order valence-corrected chi connectivity index (χ2v) is 4.76. The molecule has 1 aromatic carbocycles. The van der Waals surface area contributed by atoms with Gasteiger partial charge >= 0.3 is 0 Å². The molecule has 0 unspecified atom stereocenters. The summed E-state index contributed by atoms with van der Waals surface area (Å²) >= 11 is 0. The second kappa shape index (κ2) is 6.48. The Bertz CT molecular complexity index is 825. The molecule has 0 aliphatic carbocycles. The molecule has 23 heavy (non-hydrogen) atoms. The van der Waals surface area contributed by atoms with Gasteiger partial charge in [0.15, 0.2) is 17.4 Å². The third-order valence-electron chi connectivity index (χ3n) is 3.19. The van der Waals surface area contributed by atoms with Crippen molar-refractivity contribution < 1.29 is 13.5 Å². The van der Waals surface area contributed by atoms with Gasteiger partial charge in [-0.2, -0.15) is 9.37 Å². The number of aryl methyl sites for hydroxylation is 1. The lowest BCUT2D eigenvalue weighted by Gasteiger charge is -2.09. The van der Waals surface area contributed by atoms with Gasteiger partial charge in [0.1, 0.15) is 0 Å². The van der Waals surface area contributed by atoms with E-state index in [4.69, 9.17) is 4.74 Å². The Morgan fingerprint density at radius 2 is 1.83 bits per heavy atom. The SMILES string of the molecule is CCc1cc(Oc2cccc(F)c2F)nc(-c2ccncc2)n1. The second-order valence-electron chi connectivity index (χ2n) is 4.76. The first-order valence-electron chi connectivity index (χ1n) is 7.07. The first-order chi connectivity index (χ1) is 11.2. The molecule has 4 nitrogen and oxygen atoms in total. The zero-order valence-electron chi connectivity index (χ0n) is 12.3. The zero-order chi connectivity index (χ0) is 16.2. The van der Waals surface area contributed by atoms with E-state index >= 15 is 0 Å². The van der Waals surface area contributed by atoms with Gasteiger partial charge < -0.3 is 4.74 Å². The van der Waals surface area contributed by atoms with Crippen LogP contribution < -0.4 is 4.74 Å². The predicted molar refractivity (Wildman–Crippen MR) is 81.1 cm³/mol. The van der Waals surface area contributed by atoms with Crippen LogP contribution in [0.4, 0.5) is 8.78 Å². The van der Waals surface area contributed by atoms with E-state index in [2.05, 4.69) is 15.0 Å². The van der Waals surface area contributed by atoms with Crippen molar-refractivity contribution in [2.24, 2.45) is 0 Å². The standard InChI is InChI=1S/C17H13F2N3O/c1-2-12-10-15(23-14-5-3-4-13(18)16(14)19)22-17(21-12)11-6-8-20-9-7-11/h3-10H,2H2,1H3. The molecule has 0 N–H and O–H groups in total. The van der Waals surface area contributed by atoms with E-state index in [-0.39, 0.29) is 11.6 Å². The quantitative estimate of drug-likeness (QED) is 0.725. The average molecular weight is 313 g/mol. The minimum Gasteiger partial charge on any atom is -0.436 e. The van der Waals surface area contributed by atoms with Crippen LogP contribution in [0, 0.1) is 11.6 Å². The highest BCUT2D eigenvalue weighted by Crippen LogP contribution is 2.26. The Hall–Kier alpha value is -2.89. The minimum absolute atomic E-state index is 0.160. The van der Waals surface area contributed by atoms with Crippen molar-refractivity contribution in [2.75, 3.05) is 0 Å². The average Bonchev–Trinajstić information content (AvgIpc) is 2.59. The third-order valence-corrected chi connectivity index (χ3v) is 3.19. The van der Waals surface area contributed by atoms with E-state index in [0.29, 0.717) is 12.2 Å². The van der Waals surface area contributed by atoms with Gasteiger partial charge in [0, 0.05) is 29.7 Å². The predicted octanol–water partition coefficient (Wildman–Crippen LogP) is 4.17. The van der Waals surface area contributed by atoms with Crippen LogP contribution in [0.25, 0.3) is 11.4 Å². The molecule has 0 radical (unpaired) electrons. The zero-order valence-corrected chi connectivity index (χ0v) is 12.3. The number of halogens is 2. The summed E-state index contributed by atoms with van der Waals surface area (Å²) in [5.74, 6) is -1.63. The van der Waals surface area contributed by atoms with Gasteiger partial charge in [-0.25, -0.2) is 9.37 Å². The molecule has 3 aromatic rings. The molecule has 0 saturated carbocycles. The molecule has 6 heteroatoms. The van der Waals surface area contributed by atoms with Gasteiger partial charge in [0.05, 0.1) is 0 Å². The summed E-state index contributed by atoms with van der Waals surface area (Å²) < 4.78 is 32.4. The summed E-state index contributed by atoms with van der Waals surface area (Å²) in [4.78, 5) is 12.6. The highest BCUT2D eigenvalue weighted by molar-refractivity contribution is 5.54. The van der Waals surface area contributed by atoms with Gasteiger partial charge in [-0.1, -0.05) is 13.0 Å². The molecule has 116 valence electrons. The molecule has 2 aromatic heterocycles. The van der Waals surface area contributed by atoms with Crippen molar-refractivity contribution in [1.82, 2.24) is 15.0 Å². The largest absolute Gasteiger partial charge is 0.436 e. The maximum absolute atomic E-state index is 13.7. The summed E-state index contributed by atoms with van der Waals surface area (Å²) in [7, 11) is 0. The number of nitrogens with zero attached hydrogens (tertiary/aromatic N) is 3. The fourth-order valence-corrected chi connectivity index (χ4v) is 2.01. The van der Waals surface area contributed by atoms with Crippen molar-refractivity contribution in [3.05, 3.63) is 66.1 Å². The Morgan fingerprint density at radius 1 is 1.04 bits per heavy atom. The smallest absolute Gasteiger partial charge is 0.223 e. The van der Waals surface area contributed by atoms with Gasteiger partial charge in [0.25, 0.3) is 0 Å².